The minimum absolute atomic E-state index is 0.153. The second kappa shape index (κ2) is 9.69. The minimum atomic E-state index is -0.778. The van der Waals surface area contributed by atoms with E-state index < -0.39 is 42.1 Å². The fourth-order valence-electron chi connectivity index (χ4n) is 3.49. The first kappa shape index (κ1) is 22.6. The number of carbonyl (C=O) groups excluding carboxylic acids is 3. The van der Waals surface area contributed by atoms with Gasteiger partial charge in [0.25, 0.3) is 0 Å². The highest BCUT2D eigenvalue weighted by Crippen LogP contribution is 2.36. The molecule has 0 saturated carbocycles. The summed E-state index contributed by atoms with van der Waals surface area (Å²) >= 11 is 0. The Kier molecular flexibility index (Phi) is 7.56. The summed E-state index contributed by atoms with van der Waals surface area (Å²) in [6, 6.07) is 0. The predicted molar refractivity (Wildman–Crippen MR) is 106 cm³/mol. The van der Waals surface area contributed by atoms with Crippen LogP contribution in [0.25, 0.3) is 0 Å². The van der Waals surface area contributed by atoms with Crippen molar-refractivity contribution in [2.24, 2.45) is 5.92 Å². The number of allylic oxidation sites excluding steroid dienone is 1. The van der Waals surface area contributed by atoms with E-state index in [0.29, 0.717) is 17.6 Å². The van der Waals surface area contributed by atoms with Crippen LogP contribution in [0.5, 0.6) is 0 Å². The maximum Gasteiger partial charge on any atom is 0.334 e. The van der Waals surface area contributed by atoms with E-state index in [0.717, 1.165) is 5.57 Å². The average molecular weight is 404 g/mol. The molecule has 1 fully saturated rings. The Morgan fingerprint density at radius 1 is 1.28 bits per heavy atom. The maximum absolute atomic E-state index is 12.4. The van der Waals surface area contributed by atoms with Crippen LogP contribution in [0.15, 0.2) is 47.1 Å². The van der Waals surface area contributed by atoms with Gasteiger partial charge in [-0.3, -0.25) is 4.79 Å². The molecule has 4 atom stereocenters. The molecule has 0 aromatic heterocycles. The first-order chi connectivity index (χ1) is 13.7. The van der Waals surface area contributed by atoms with Crippen LogP contribution in [0.1, 0.15) is 40.5 Å². The Labute approximate surface area is 170 Å². The normalized spacial score (nSPS) is 29.8. The second-order valence-electron chi connectivity index (χ2n) is 7.39. The Morgan fingerprint density at radius 3 is 2.55 bits per heavy atom. The number of aliphatic hydroxyl groups is 1. The zero-order valence-electron chi connectivity index (χ0n) is 17.3. The van der Waals surface area contributed by atoms with Crippen LogP contribution in [0.4, 0.5) is 0 Å². The molecule has 1 heterocycles. The molecule has 0 radical (unpaired) electrons. The van der Waals surface area contributed by atoms with E-state index in [9.17, 15) is 19.5 Å². The van der Waals surface area contributed by atoms with Gasteiger partial charge in [0.05, 0.1) is 12.5 Å². The summed E-state index contributed by atoms with van der Waals surface area (Å²) in [5, 5.41) is 9.86. The first-order valence-corrected chi connectivity index (χ1v) is 9.54. The van der Waals surface area contributed by atoms with E-state index in [1.807, 2.05) is 6.92 Å². The van der Waals surface area contributed by atoms with Crippen molar-refractivity contribution in [3.63, 3.8) is 0 Å². The van der Waals surface area contributed by atoms with Crippen LogP contribution in [-0.4, -0.2) is 47.9 Å². The highest BCUT2D eigenvalue weighted by molar-refractivity contribution is 5.92. The predicted octanol–water partition coefficient (Wildman–Crippen LogP) is 2.55. The van der Waals surface area contributed by atoms with Gasteiger partial charge in [0.2, 0.25) is 0 Å². The topological polar surface area (TPSA) is 99.1 Å². The summed E-state index contributed by atoms with van der Waals surface area (Å²) in [6.45, 7) is 10.0. The highest BCUT2D eigenvalue weighted by Gasteiger charge is 2.44. The molecule has 0 amide bonds. The smallest absolute Gasteiger partial charge is 0.334 e. The average Bonchev–Trinajstić information content (AvgIpc) is 2.91. The molecule has 2 aliphatic rings. The van der Waals surface area contributed by atoms with Gasteiger partial charge in [-0.05, 0) is 38.5 Å². The van der Waals surface area contributed by atoms with Gasteiger partial charge in [-0.1, -0.05) is 18.2 Å². The standard InChI is InChI=1S/C22H28O7/c1-6-13(3)21(25)28-19-10-16(11-23)9-17(27-15(5)24)7-12(2)8-18-20(19)14(4)22(26)29-18/h6,8-9,17-20,23H,4,7,10-11H2,1-3,5H3/b12-8?,13-6+,16-9+. The van der Waals surface area contributed by atoms with Gasteiger partial charge in [0, 0.05) is 30.9 Å². The third kappa shape index (κ3) is 5.67. The molecule has 29 heavy (non-hydrogen) atoms. The van der Waals surface area contributed by atoms with E-state index in [1.54, 1.807) is 32.1 Å². The molecule has 1 N–H and O–H groups in total. The summed E-state index contributed by atoms with van der Waals surface area (Å²) in [5.74, 6) is -2.09. The summed E-state index contributed by atoms with van der Waals surface area (Å²) in [5.41, 5.74) is 2.02. The van der Waals surface area contributed by atoms with Crippen LogP contribution in [0.2, 0.25) is 0 Å². The van der Waals surface area contributed by atoms with E-state index in [2.05, 4.69) is 6.58 Å². The van der Waals surface area contributed by atoms with Gasteiger partial charge in [-0.25, -0.2) is 9.59 Å². The number of aliphatic hydroxyl groups excluding tert-OH is 1. The number of esters is 3. The van der Waals surface area contributed by atoms with E-state index >= 15 is 0 Å². The van der Waals surface area contributed by atoms with Crippen molar-refractivity contribution in [2.45, 2.75) is 58.8 Å². The molecule has 7 heteroatoms. The third-order valence-corrected chi connectivity index (χ3v) is 5.05. The highest BCUT2D eigenvalue weighted by atomic mass is 16.6. The summed E-state index contributed by atoms with van der Waals surface area (Å²) in [7, 11) is 0. The molecule has 2 rings (SSSR count). The second-order valence-corrected chi connectivity index (χ2v) is 7.39. The summed E-state index contributed by atoms with van der Waals surface area (Å²) in [4.78, 5) is 36.1. The van der Waals surface area contributed by atoms with E-state index in [-0.39, 0.29) is 18.6 Å². The Morgan fingerprint density at radius 2 is 1.97 bits per heavy atom. The van der Waals surface area contributed by atoms with Gasteiger partial charge in [0.15, 0.2) is 0 Å². The molecule has 4 unspecified atom stereocenters. The lowest BCUT2D eigenvalue weighted by molar-refractivity contribution is -0.147. The quantitative estimate of drug-likeness (QED) is 0.333. The van der Waals surface area contributed by atoms with Crippen molar-refractivity contribution in [1.82, 2.24) is 0 Å². The van der Waals surface area contributed by atoms with Crippen LogP contribution >= 0.6 is 0 Å². The number of hydrogen-bond acceptors (Lipinski definition) is 7. The van der Waals surface area contributed by atoms with Crippen molar-refractivity contribution in [1.29, 1.82) is 0 Å². The molecule has 1 aliphatic carbocycles. The molecule has 158 valence electrons. The van der Waals surface area contributed by atoms with Crippen molar-refractivity contribution >= 4 is 17.9 Å². The van der Waals surface area contributed by atoms with Gasteiger partial charge in [0.1, 0.15) is 18.3 Å². The molecule has 7 nitrogen and oxygen atoms in total. The molecule has 0 aromatic carbocycles. The Bertz CT molecular complexity index is 787. The van der Waals surface area contributed by atoms with Crippen molar-refractivity contribution in [3.8, 4) is 0 Å². The summed E-state index contributed by atoms with van der Waals surface area (Å²) < 4.78 is 16.5. The minimum Gasteiger partial charge on any atom is -0.458 e. The number of ether oxygens (including phenoxy) is 3. The maximum atomic E-state index is 12.4. The van der Waals surface area contributed by atoms with Gasteiger partial charge in [-0.2, -0.15) is 0 Å². The molecular formula is C22H28O7. The number of hydrogen-bond donors (Lipinski definition) is 1. The molecule has 1 aliphatic heterocycles. The Balaban J connectivity index is 2.48. The summed E-state index contributed by atoms with van der Waals surface area (Å²) in [6.07, 6.45) is 3.60. The van der Waals surface area contributed by atoms with E-state index in [1.165, 1.54) is 6.92 Å². The molecular weight excluding hydrogens is 376 g/mol. The lowest BCUT2D eigenvalue weighted by Gasteiger charge is -2.28. The lowest BCUT2D eigenvalue weighted by Crippen LogP contribution is -2.34. The van der Waals surface area contributed by atoms with Gasteiger partial charge >= 0.3 is 17.9 Å². The van der Waals surface area contributed by atoms with Crippen LogP contribution in [0.3, 0.4) is 0 Å². The fourth-order valence-corrected chi connectivity index (χ4v) is 3.49. The SMILES string of the molecule is C=C1C(=O)OC2C=C(C)CC(OC(C)=O)/C=C(/CO)CC(OC(=O)/C(C)=C/C)C12. The lowest BCUT2D eigenvalue weighted by atomic mass is 9.85. The third-order valence-electron chi connectivity index (χ3n) is 5.05. The van der Waals surface area contributed by atoms with E-state index in [4.69, 9.17) is 14.2 Å². The van der Waals surface area contributed by atoms with Gasteiger partial charge in [-0.15, -0.1) is 0 Å². The van der Waals surface area contributed by atoms with Gasteiger partial charge < -0.3 is 19.3 Å². The van der Waals surface area contributed by atoms with Crippen LogP contribution in [0, 0.1) is 5.92 Å². The van der Waals surface area contributed by atoms with Crippen LogP contribution in [-0.2, 0) is 28.6 Å². The van der Waals surface area contributed by atoms with Crippen molar-refractivity contribution in [2.75, 3.05) is 6.61 Å². The Hall–Kier alpha value is -2.67. The number of carbonyl (C=O) groups is 3. The first-order valence-electron chi connectivity index (χ1n) is 9.54. The van der Waals surface area contributed by atoms with Crippen LogP contribution < -0.4 is 0 Å². The molecule has 0 bridgehead atoms. The zero-order chi connectivity index (χ0) is 21.7. The number of fused-ring (bicyclic) bond motifs is 1. The molecule has 0 spiro atoms. The zero-order valence-corrected chi connectivity index (χ0v) is 17.3. The monoisotopic (exact) mass is 404 g/mol. The molecule has 0 aromatic rings. The largest absolute Gasteiger partial charge is 0.458 e. The molecule has 1 saturated heterocycles. The van der Waals surface area contributed by atoms with Crippen molar-refractivity contribution < 1.29 is 33.7 Å². The fraction of sp³-hybridized carbons (Fsp3) is 0.500. The van der Waals surface area contributed by atoms with Crippen molar-refractivity contribution in [3.05, 3.63) is 47.1 Å². The number of rotatable bonds is 4.